The van der Waals surface area contributed by atoms with E-state index in [9.17, 15) is 0 Å². The van der Waals surface area contributed by atoms with Gasteiger partial charge in [-0.15, -0.1) is 0 Å². The molecule has 0 aromatic heterocycles. The second-order valence-corrected chi connectivity index (χ2v) is 12.8. The number of anilines is 1. The Bertz CT molecular complexity index is 1210. The Morgan fingerprint density at radius 3 is 2.08 bits per heavy atom. The minimum Gasteiger partial charge on any atom is -0.485 e. The number of ether oxygens (including phenoxy) is 1. The van der Waals surface area contributed by atoms with Crippen molar-refractivity contribution in [3.8, 4) is 5.75 Å². The Morgan fingerprint density at radius 1 is 0.868 bits per heavy atom. The van der Waals surface area contributed by atoms with E-state index < -0.39 is 0 Å². The molecule has 3 aromatic rings. The second kappa shape index (κ2) is 9.73. The van der Waals surface area contributed by atoms with E-state index in [1.54, 1.807) is 0 Å². The first-order valence-corrected chi connectivity index (χ1v) is 14.4. The molecule has 2 N–H and O–H groups in total. The normalized spacial score (nSPS) is 22.7. The molecule has 200 valence electrons. The quantitative estimate of drug-likeness (QED) is 0.393. The average molecular weight is 510 g/mol. The SMILES string of the molecule is Cc1c2c(c(C)c3c1NC(C)(C)C3)OC(C)(CN1CCC(NC(c3ccccc3)c3ccccc3)CC1)C2. The lowest BCUT2D eigenvalue weighted by atomic mass is 9.90. The lowest BCUT2D eigenvalue weighted by Crippen LogP contribution is -2.50. The first kappa shape index (κ1) is 25.5. The van der Waals surface area contributed by atoms with Gasteiger partial charge in [0, 0.05) is 35.8 Å². The van der Waals surface area contributed by atoms with Crippen LogP contribution < -0.4 is 15.4 Å². The zero-order valence-corrected chi connectivity index (χ0v) is 23.7. The highest BCUT2D eigenvalue weighted by atomic mass is 16.5. The van der Waals surface area contributed by atoms with Crippen molar-refractivity contribution in [1.82, 2.24) is 10.2 Å². The number of benzene rings is 3. The van der Waals surface area contributed by atoms with Gasteiger partial charge in [-0.2, -0.15) is 0 Å². The molecular weight excluding hydrogens is 466 g/mol. The minimum absolute atomic E-state index is 0.120. The maximum absolute atomic E-state index is 6.82. The molecule has 4 nitrogen and oxygen atoms in total. The number of piperidine rings is 1. The smallest absolute Gasteiger partial charge is 0.127 e. The fourth-order valence-corrected chi connectivity index (χ4v) is 7.05. The van der Waals surface area contributed by atoms with Crippen LogP contribution >= 0.6 is 0 Å². The van der Waals surface area contributed by atoms with Crippen LogP contribution in [-0.4, -0.2) is 41.7 Å². The number of nitrogens with zero attached hydrogens (tertiary/aromatic N) is 1. The first-order chi connectivity index (χ1) is 18.2. The Morgan fingerprint density at radius 2 is 1.47 bits per heavy atom. The van der Waals surface area contributed by atoms with Crippen LogP contribution in [0.25, 0.3) is 0 Å². The Labute approximate surface area is 228 Å². The molecule has 0 radical (unpaired) electrons. The van der Waals surface area contributed by atoms with E-state index in [4.69, 9.17) is 4.74 Å². The number of likely N-dealkylation sites (tertiary alicyclic amines) is 1. The van der Waals surface area contributed by atoms with Crippen molar-refractivity contribution in [2.45, 2.75) is 83.5 Å². The molecule has 0 bridgehead atoms. The number of hydrogen-bond donors (Lipinski definition) is 2. The topological polar surface area (TPSA) is 36.5 Å². The van der Waals surface area contributed by atoms with E-state index in [0.717, 1.165) is 51.1 Å². The van der Waals surface area contributed by atoms with Crippen LogP contribution in [0.1, 0.15) is 73.0 Å². The second-order valence-electron chi connectivity index (χ2n) is 12.8. The highest BCUT2D eigenvalue weighted by molar-refractivity contribution is 5.73. The predicted octanol–water partition coefficient (Wildman–Crippen LogP) is 6.59. The van der Waals surface area contributed by atoms with Gasteiger partial charge in [0.05, 0.1) is 6.04 Å². The summed E-state index contributed by atoms with van der Waals surface area (Å²) in [6.07, 6.45) is 4.37. The molecule has 0 aliphatic carbocycles. The molecule has 0 saturated carbocycles. The lowest BCUT2D eigenvalue weighted by Gasteiger charge is -2.38. The van der Waals surface area contributed by atoms with Gasteiger partial charge in [0.25, 0.3) is 0 Å². The van der Waals surface area contributed by atoms with Crippen LogP contribution in [0.3, 0.4) is 0 Å². The largest absolute Gasteiger partial charge is 0.485 e. The number of rotatable bonds is 6. The highest BCUT2D eigenvalue weighted by Crippen LogP contribution is 2.48. The van der Waals surface area contributed by atoms with E-state index in [1.165, 1.54) is 39.1 Å². The lowest BCUT2D eigenvalue weighted by molar-refractivity contribution is 0.0501. The third-order valence-electron chi connectivity index (χ3n) is 8.99. The van der Waals surface area contributed by atoms with Gasteiger partial charge in [-0.1, -0.05) is 60.7 Å². The van der Waals surface area contributed by atoms with Crippen molar-refractivity contribution in [3.63, 3.8) is 0 Å². The number of nitrogens with one attached hydrogen (secondary N) is 2. The average Bonchev–Trinajstić information content (AvgIpc) is 3.44. The maximum atomic E-state index is 6.82. The molecule has 0 amide bonds. The summed E-state index contributed by atoms with van der Waals surface area (Å²) in [5, 5.41) is 7.80. The molecule has 0 spiro atoms. The predicted molar refractivity (Wildman–Crippen MR) is 157 cm³/mol. The van der Waals surface area contributed by atoms with Gasteiger partial charge in [-0.05, 0) is 94.8 Å². The van der Waals surface area contributed by atoms with Crippen LogP contribution in [0.15, 0.2) is 60.7 Å². The van der Waals surface area contributed by atoms with Gasteiger partial charge in [0.15, 0.2) is 0 Å². The van der Waals surface area contributed by atoms with E-state index in [1.807, 2.05) is 0 Å². The zero-order valence-electron chi connectivity index (χ0n) is 23.7. The van der Waals surface area contributed by atoms with Gasteiger partial charge in [0.1, 0.15) is 11.4 Å². The van der Waals surface area contributed by atoms with Crippen molar-refractivity contribution in [2.75, 3.05) is 25.0 Å². The summed E-state index contributed by atoms with van der Waals surface area (Å²) in [6, 6.07) is 22.5. The number of fused-ring (bicyclic) bond motifs is 2. The first-order valence-electron chi connectivity index (χ1n) is 14.4. The van der Waals surface area contributed by atoms with Crippen molar-refractivity contribution in [3.05, 3.63) is 94.0 Å². The molecule has 4 heteroatoms. The third-order valence-corrected chi connectivity index (χ3v) is 8.99. The van der Waals surface area contributed by atoms with E-state index in [2.05, 4.69) is 111 Å². The molecular formula is C34H43N3O. The molecule has 1 fully saturated rings. The van der Waals surface area contributed by atoms with Crippen LogP contribution in [0, 0.1) is 13.8 Å². The summed E-state index contributed by atoms with van der Waals surface area (Å²) >= 11 is 0. The molecule has 3 aliphatic rings. The molecule has 38 heavy (non-hydrogen) atoms. The monoisotopic (exact) mass is 509 g/mol. The van der Waals surface area contributed by atoms with Crippen LogP contribution in [0.2, 0.25) is 0 Å². The highest BCUT2D eigenvalue weighted by Gasteiger charge is 2.42. The van der Waals surface area contributed by atoms with Gasteiger partial charge in [-0.25, -0.2) is 0 Å². The maximum Gasteiger partial charge on any atom is 0.127 e. The van der Waals surface area contributed by atoms with Crippen LogP contribution in [0.5, 0.6) is 5.75 Å². The van der Waals surface area contributed by atoms with Crippen molar-refractivity contribution >= 4 is 5.69 Å². The third kappa shape index (κ3) is 4.85. The molecule has 6 rings (SSSR count). The van der Waals surface area contributed by atoms with E-state index in [0.29, 0.717) is 6.04 Å². The van der Waals surface area contributed by atoms with Crippen molar-refractivity contribution < 1.29 is 4.74 Å². The summed E-state index contributed by atoms with van der Waals surface area (Å²) in [7, 11) is 0. The Kier molecular flexibility index (Phi) is 6.52. The molecule has 3 aliphatic heterocycles. The van der Waals surface area contributed by atoms with Crippen molar-refractivity contribution in [2.24, 2.45) is 0 Å². The van der Waals surface area contributed by atoms with Gasteiger partial charge in [-0.3, -0.25) is 4.90 Å². The standard InChI is InChI=1S/C34H43N3O/c1-23-29-21-34(5,38-32(29)24(2)28-20-33(3,4)36-30(23)28)22-37-18-16-27(17-19-37)35-31(25-12-8-6-9-13-25)26-14-10-7-11-15-26/h6-15,27,31,35-36H,16-22H2,1-5H3. The van der Waals surface area contributed by atoms with E-state index in [-0.39, 0.29) is 17.2 Å². The molecule has 1 saturated heterocycles. The zero-order chi connectivity index (χ0) is 26.5. The minimum atomic E-state index is -0.167. The van der Waals surface area contributed by atoms with Crippen molar-refractivity contribution in [1.29, 1.82) is 0 Å². The Hall–Kier alpha value is -2.82. The summed E-state index contributed by atoms with van der Waals surface area (Å²) in [5.74, 6) is 1.16. The van der Waals surface area contributed by atoms with E-state index >= 15 is 0 Å². The molecule has 1 unspecified atom stereocenters. The Balaban J connectivity index is 1.11. The number of hydrogen-bond acceptors (Lipinski definition) is 4. The fourth-order valence-electron chi connectivity index (χ4n) is 7.05. The van der Waals surface area contributed by atoms with Gasteiger partial charge < -0.3 is 15.4 Å². The van der Waals surface area contributed by atoms with Gasteiger partial charge >= 0.3 is 0 Å². The molecule has 3 heterocycles. The summed E-state index contributed by atoms with van der Waals surface area (Å²) in [4.78, 5) is 2.63. The van der Waals surface area contributed by atoms with Crippen LogP contribution in [0.4, 0.5) is 5.69 Å². The summed E-state index contributed by atoms with van der Waals surface area (Å²) in [5.41, 5.74) is 9.59. The summed E-state index contributed by atoms with van der Waals surface area (Å²) in [6.45, 7) is 14.6. The van der Waals surface area contributed by atoms with Crippen LogP contribution in [-0.2, 0) is 12.8 Å². The molecule has 3 aromatic carbocycles. The van der Waals surface area contributed by atoms with Gasteiger partial charge in [0.2, 0.25) is 0 Å². The summed E-state index contributed by atoms with van der Waals surface area (Å²) < 4.78 is 6.82. The fraction of sp³-hybridized carbons (Fsp3) is 0.471. The molecule has 1 atom stereocenters.